The maximum absolute atomic E-state index is 15.4. The molecule has 2 heterocycles. The molecule has 0 amide bonds. The van der Waals surface area contributed by atoms with Crippen molar-refractivity contribution in [2.45, 2.75) is 39.3 Å². The number of phenolic OH excluding ortho intramolecular Hbond substituents is 2. The molecule has 0 spiro atoms. The lowest BCUT2D eigenvalue weighted by Gasteiger charge is -2.31. The summed E-state index contributed by atoms with van der Waals surface area (Å²) in [5.74, 6) is -1.68. The van der Waals surface area contributed by atoms with E-state index < -0.39 is 29.2 Å². The van der Waals surface area contributed by atoms with E-state index in [9.17, 15) is 15.5 Å². The SMILES string of the molecule is CC1=C(c2ccc(C#N)c(O)c2F)C(c2ccc(OC[C@H](C)N3CC[C@@H](C)C3)cc2)Oc2ccc(O)c(F)c21. The molecule has 0 bridgehead atoms. The van der Waals surface area contributed by atoms with E-state index in [1.807, 2.05) is 12.1 Å². The van der Waals surface area contributed by atoms with Gasteiger partial charge in [-0.15, -0.1) is 0 Å². The van der Waals surface area contributed by atoms with Crippen molar-refractivity contribution in [3.63, 3.8) is 0 Å². The number of hydrogen-bond donors (Lipinski definition) is 2. The number of likely N-dealkylation sites (tertiary alicyclic amines) is 1. The number of halogens is 2. The molecule has 0 radical (unpaired) electrons. The van der Waals surface area contributed by atoms with Crippen LogP contribution in [0.2, 0.25) is 0 Å². The lowest BCUT2D eigenvalue weighted by Crippen LogP contribution is -2.35. The zero-order valence-electron chi connectivity index (χ0n) is 22.0. The van der Waals surface area contributed by atoms with Crippen LogP contribution >= 0.6 is 0 Å². The Labute approximate surface area is 226 Å². The van der Waals surface area contributed by atoms with Crippen molar-refractivity contribution in [2.24, 2.45) is 5.92 Å². The van der Waals surface area contributed by atoms with Gasteiger partial charge >= 0.3 is 0 Å². The summed E-state index contributed by atoms with van der Waals surface area (Å²) in [6.45, 7) is 8.70. The smallest absolute Gasteiger partial charge is 0.176 e. The van der Waals surface area contributed by atoms with Crippen molar-refractivity contribution in [2.75, 3.05) is 19.7 Å². The van der Waals surface area contributed by atoms with Gasteiger partial charge < -0.3 is 19.7 Å². The Bertz CT molecular complexity index is 1480. The Kier molecular flexibility index (Phi) is 7.19. The summed E-state index contributed by atoms with van der Waals surface area (Å²) in [5.41, 5.74) is 1.03. The molecule has 8 heteroatoms. The van der Waals surface area contributed by atoms with Gasteiger partial charge in [0, 0.05) is 23.7 Å². The van der Waals surface area contributed by atoms with Gasteiger partial charge in [0.2, 0.25) is 0 Å². The van der Waals surface area contributed by atoms with Crippen molar-refractivity contribution < 1.29 is 28.5 Å². The number of benzene rings is 3. The van der Waals surface area contributed by atoms with Crippen LogP contribution in [0.5, 0.6) is 23.0 Å². The maximum atomic E-state index is 15.4. The highest BCUT2D eigenvalue weighted by molar-refractivity contribution is 5.96. The van der Waals surface area contributed by atoms with Crippen LogP contribution in [-0.4, -0.2) is 40.9 Å². The second kappa shape index (κ2) is 10.6. The van der Waals surface area contributed by atoms with Gasteiger partial charge in [-0.3, -0.25) is 4.90 Å². The zero-order valence-corrected chi connectivity index (χ0v) is 22.0. The minimum Gasteiger partial charge on any atom is -0.505 e. The molecule has 0 saturated carbocycles. The molecule has 3 aromatic rings. The summed E-state index contributed by atoms with van der Waals surface area (Å²) < 4.78 is 42.6. The molecular weight excluding hydrogens is 502 g/mol. The van der Waals surface area contributed by atoms with E-state index >= 15 is 8.78 Å². The number of fused-ring (bicyclic) bond motifs is 1. The Morgan fingerprint density at radius 1 is 1.10 bits per heavy atom. The zero-order chi connectivity index (χ0) is 27.8. The number of aromatic hydroxyl groups is 2. The van der Waals surface area contributed by atoms with Gasteiger partial charge in [0.05, 0.1) is 11.1 Å². The summed E-state index contributed by atoms with van der Waals surface area (Å²) in [7, 11) is 0. The molecule has 2 aliphatic rings. The first kappa shape index (κ1) is 26.5. The first-order chi connectivity index (χ1) is 18.7. The fourth-order valence-corrected chi connectivity index (χ4v) is 5.38. The quantitative estimate of drug-likeness (QED) is 0.381. The first-order valence-corrected chi connectivity index (χ1v) is 13.0. The van der Waals surface area contributed by atoms with Crippen LogP contribution in [0.3, 0.4) is 0 Å². The second-order valence-corrected chi connectivity index (χ2v) is 10.4. The van der Waals surface area contributed by atoms with Crippen molar-refractivity contribution >= 4 is 11.1 Å². The average molecular weight is 533 g/mol. The number of nitriles is 1. The molecule has 0 aliphatic carbocycles. The van der Waals surface area contributed by atoms with E-state index in [1.165, 1.54) is 30.7 Å². The summed E-state index contributed by atoms with van der Waals surface area (Å²) >= 11 is 0. The van der Waals surface area contributed by atoms with E-state index in [1.54, 1.807) is 25.1 Å². The number of phenols is 2. The maximum Gasteiger partial charge on any atom is 0.176 e. The highest BCUT2D eigenvalue weighted by Gasteiger charge is 2.34. The molecule has 2 N–H and O–H groups in total. The molecule has 202 valence electrons. The number of rotatable bonds is 6. The normalized spacial score (nSPS) is 19.8. The van der Waals surface area contributed by atoms with Gasteiger partial charge in [-0.2, -0.15) is 5.26 Å². The van der Waals surface area contributed by atoms with Crippen LogP contribution in [-0.2, 0) is 0 Å². The van der Waals surface area contributed by atoms with Gasteiger partial charge in [-0.1, -0.05) is 25.1 Å². The third kappa shape index (κ3) is 4.90. The van der Waals surface area contributed by atoms with Gasteiger partial charge in [-0.25, -0.2) is 8.78 Å². The summed E-state index contributed by atoms with van der Waals surface area (Å²) in [5, 5.41) is 29.5. The number of nitrogens with zero attached hydrogens (tertiary/aromatic N) is 2. The third-order valence-electron chi connectivity index (χ3n) is 7.65. The minimum absolute atomic E-state index is 0.00896. The molecule has 2 aliphatic heterocycles. The minimum atomic E-state index is -1.01. The van der Waals surface area contributed by atoms with Crippen LogP contribution in [0.4, 0.5) is 8.78 Å². The Morgan fingerprint density at radius 3 is 2.51 bits per heavy atom. The summed E-state index contributed by atoms with van der Waals surface area (Å²) in [6.07, 6.45) is 0.335. The molecule has 0 aromatic heterocycles. The Hall–Kier alpha value is -4.09. The topological polar surface area (TPSA) is 86.0 Å². The van der Waals surface area contributed by atoms with Gasteiger partial charge in [0.25, 0.3) is 0 Å². The summed E-state index contributed by atoms with van der Waals surface area (Å²) in [4.78, 5) is 2.42. The highest BCUT2D eigenvalue weighted by atomic mass is 19.1. The first-order valence-electron chi connectivity index (χ1n) is 13.0. The monoisotopic (exact) mass is 532 g/mol. The van der Waals surface area contributed by atoms with Crippen LogP contribution in [0.25, 0.3) is 11.1 Å². The molecule has 3 atom stereocenters. The predicted molar refractivity (Wildman–Crippen MR) is 143 cm³/mol. The molecule has 39 heavy (non-hydrogen) atoms. The lowest BCUT2D eigenvalue weighted by atomic mass is 9.85. The van der Waals surface area contributed by atoms with E-state index in [0.717, 1.165) is 13.1 Å². The fourth-order valence-electron chi connectivity index (χ4n) is 5.38. The lowest BCUT2D eigenvalue weighted by molar-refractivity contribution is 0.169. The third-order valence-corrected chi connectivity index (χ3v) is 7.65. The van der Waals surface area contributed by atoms with Gasteiger partial charge in [0.15, 0.2) is 23.1 Å². The highest BCUT2D eigenvalue weighted by Crippen LogP contribution is 2.49. The van der Waals surface area contributed by atoms with E-state index in [-0.39, 0.29) is 34.1 Å². The largest absolute Gasteiger partial charge is 0.505 e. The van der Waals surface area contributed by atoms with Crippen molar-refractivity contribution in [3.8, 4) is 29.1 Å². The van der Waals surface area contributed by atoms with Crippen LogP contribution in [0.15, 0.2) is 48.5 Å². The van der Waals surface area contributed by atoms with Crippen molar-refractivity contribution in [1.29, 1.82) is 5.26 Å². The predicted octanol–water partition coefficient (Wildman–Crippen LogP) is 6.42. The number of allylic oxidation sites excluding steroid dienone is 1. The van der Waals surface area contributed by atoms with E-state index in [4.69, 9.17) is 9.47 Å². The van der Waals surface area contributed by atoms with Gasteiger partial charge in [0.1, 0.15) is 30.3 Å². The molecule has 1 fully saturated rings. The standard InChI is InChI=1S/C31H30F2N2O4/c1-17-12-13-35(15-17)18(2)16-38-22-7-4-20(5-8-22)31-26(23-9-6-21(14-34)30(37)28(23)32)19(3)27-25(39-31)11-10-24(36)29(27)33/h4-11,17-18,31,36-37H,12-13,15-16H2,1-3H3/t17-,18+,31?/m1/s1. The molecular formula is C31H30F2N2O4. The Morgan fingerprint density at radius 2 is 1.85 bits per heavy atom. The number of hydrogen-bond acceptors (Lipinski definition) is 6. The van der Waals surface area contributed by atoms with E-state index in [0.29, 0.717) is 29.4 Å². The Balaban J connectivity index is 1.49. The van der Waals surface area contributed by atoms with E-state index in [2.05, 4.69) is 18.7 Å². The summed E-state index contributed by atoms with van der Waals surface area (Å²) in [6, 6.07) is 14.6. The van der Waals surface area contributed by atoms with Crippen molar-refractivity contribution in [3.05, 3.63) is 82.4 Å². The molecule has 6 nitrogen and oxygen atoms in total. The molecule has 1 unspecified atom stereocenters. The average Bonchev–Trinajstić information content (AvgIpc) is 3.37. The second-order valence-electron chi connectivity index (χ2n) is 10.4. The molecule has 1 saturated heterocycles. The number of ether oxygens (including phenoxy) is 2. The molecule has 5 rings (SSSR count). The van der Waals surface area contributed by atoms with Crippen molar-refractivity contribution in [1.82, 2.24) is 4.90 Å². The van der Waals surface area contributed by atoms with Crippen LogP contribution < -0.4 is 9.47 Å². The van der Waals surface area contributed by atoms with Crippen LogP contribution in [0.1, 0.15) is 55.5 Å². The van der Waals surface area contributed by atoms with Crippen LogP contribution in [0, 0.1) is 28.9 Å². The van der Waals surface area contributed by atoms with Gasteiger partial charge in [-0.05, 0) is 74.2 Å². The fraction of sp³-hybridized carbons (Fsp3) is 0.323. The molecule has 3 aromatic carbocycles.